The molecule has 128 valence electrons. The minimum absolute atomic E-state index is 0.112. The van der Waals surface area contributed by atoms with Crippen LogP contribution in [0.5, 0.6) is 0 Å². The van der Waals surface area contributed by atoms with Crippen LogP contribution in [-0.4, -0.2) is 28.2 Å². The highest BCUT2D eigenvalue weighted by atomic mass is 16.2. The summed E-state index contributed by atoms with van der Waals surface area (Å²) >= 11 is 0. The fraction of sp³-hybridized carbons (Fsp3) is 0.263. The number of nitrogens with one attached hydrogen (secondary N) is 1. The first-order valence-electron chi connectivity index (χ1n) is 8.10. The average Bonchev–Trinajstić information content (AvgIpc) is 2.65. The van der Waals surface area contributed by atoms with E-state index < -0.39 is 0 Å². The fourth-order valence-electron chi connectivity index (χ4n) is 2.29. The molecule has 0 fully saturated rings. The normalized spacial score (nSPS) is 9.92. The molecule has 6 nitrogen and oxygen atoms in total. The molecule has 0 unspecified atom stereocenters. The van der Waals surface area contributed by atoms with Crippen molar-refractivity contribution in [3.63, 3.8) is 0 Å². The van der Waals surface area contributed by atoms with E-state index >= 15 is 0 Å². The second-order valence-corrected chi connectivity index (χ2v) is 5.44. The van der Waals surface area contributed by atoms with E-state index in [4.69, 9.17) is 5.26 Å². The smallest absolute Gasteiger partial charge is 0.254 e. The molecule has 25 heavy (non-hydrogen) atoms. The summed E-state index contributed by atoms with van der Waals surface area (Å²) in [5.41, 5.74) is 1.79. The van der Waals surface area contributed by atoms with Gasteiger partial charge in [-0.2, -0.15) is 5.26 Å². The van der Waals surface area contributed by atoms with E-state index in [9.17, 15) is 9.59 Å². The Morgan fingerprint density at radius 1 is 1.24 bits per heavy atom. The van der Waals surface area contributed by atoms with Gasteiger partial charge in [-0.1, -0.05) is 19.1 Å². The van der Waals surface area contributed by atoms with Crippen LogP contribution in [0.25, 0.3) is 0 Å². The van der Waals surface area contributed by atoms with Gasteiger partial charge in [0.05, 0.1) is 24.7 Å². The Morgan fingerprint density at radius 3 is 2.76 bits per heavy atom. The number of rotatable bonds is 7. The van der Waals surface area contributed by atoms with Crippen molar-refractivity contribution in [1.82, 2.24) is 9.88 Å². The minimum Gasteiger partial charge on any atom is -0.332 e. The van der Waals surface area contributed by atoms with Crippen molar-refractivity contribution >= 4 is 17.5 Å². The summed E-state index contributed by atoms with van der Waals surface area (Å²) in [5, 5.41) is 11.6. The summed E-state index contributed by atoms with van der Waals surface area (Å²) in [5.74, 6) is -0.312. The molecule has 1 heterocycles. The van der Waals surface area contributed by atoms with Crippen LogP contribution in [0.1, 0.15) is 35.8 Å². The summed E-state index contributed by atoms with van der Waals surface area (Å²) in [4.78, 5) is 30.2. The van der Waals surface area contributed by atoms with Gasteiger partial charge in [-0.25, -0.2) is 0 Å². The van der Waals surface area contributed by atoms with E-state index in [1.165, 1.54) is 0 Å². The summed E-state index contributed by atoms with van der Waals surface area (Å²) in [7, 11) is 0. The molecule has 0 aliphatic carbocycles. The van der Waals surface area contributed by atoms with Gasteiger partial charge in [-0.05, 0) is 30.3 Å². The summed E-state index contributed by atoms with van der Waals surface area (Å²) in [6, 6.07) is 14.4. The van der Waals surface area contributed by atoms with Crippen molar-refractivity contribution in [2.75, 3.05) is 11.9 Å². The highest BCUT2D eigenvalue weighted by Gasteiger charge is 2.17. The lowest BCUT2D eigenvalue weighted by atomic mass is 10.1. The first-order valence-corrected chi connectivity index (χ1v) is 8.10. The van der Waals surface area contributed by atoms with Crippen LogP contribution in [0, 0.1) is 11.3 Å². The zero-order valence-corrected chi connectivity index (χ0v) is 14.1. The Balaban J connectivity index is 2.19. The maximum atomic E-state index is 12.8. The summed E-state index contributed by atoms with van der Waals surface area (Å²) < 4.78 is 0. The zero-order valence-electron chi connectivity index (χ0n) is 14.1. The second kappa shape index (κ2) is 9.18. The number of carbonyl (C=O) groups is 2. The zero-order chi connectivity index (χ0) is 18.1. The van der Waals surface area contributed by atoms with E-state index in [1.807, 2.05) is 18.2 Å². The molecule has 2 aromatic rings. The third-order valence-electron chi connectivity index (χ3n) is 3.57. The molecule has 0 saturated carbocycles. The first-order chi connectivity index (χ1) is 12.1. The number of hydrogen-bond donors (Lipinski definition) is 1. The lowest BCUT2D eigenvalue weighted by Gasteiger charge is -2.21. The highest BCUT2D eigenvalue weighted by Crippen LogP contribution is 2.15. The number of benzene rings is 1. The second-order valence-electron chi connectivity index (χ2n) is 5.44. The quantitative estimate of drug-likeness (QED) is 0.842. The topological polar surface area (TPSA) is 86.1 Å². The third kappa shape index (κ3) is 5.43. The van der Waals surface area contributed by atoms with Gasteiger partial charge in [0.15, 0.2) is 0 Å². The molecule has 0 aliphatic rings. The van der Waals surface area contributed by atoms with Gasteiger partial charge in [0.25, 0.3) is 5.91 Å². The molecule has 0 bridgehead atoms. The first kappa shape index (κ1) is 18.1. The van der Waals surface area contributed by atoms with Crippen LogP contribution in [0.3, 0.4) is 0 Å². The Labute approximate surface area is 147 Å². The Bertz CT molecular complexity index is 768. The third-order valence-corrected chi connectivity index (χ3v) is 3.57. The number of pyridine rings is 1. The van der Waals surface area contributed by atoms with Crippen molar-refractivity contribution in [2.24, 2.45) is 0 Å². The van der Waals surface area contributed by atoms with Crippen molar-refractivity contribution < 1.29 is 9.59 Å². The standard InChI is InChI=1S/C19H20N4O2/c1-2-18(24)22-16-9-5-7-15(13-16)19(25)23(12-6-10-20)14-17-8-3-4-11-21-17/h3-5,7-9,11,13H,2,6,12,14H2,1H3,(H,22,24). The van der Waals surface area contributed by atoms with Crippen molar-refractivity contribution in [2.45, 2.75) is 26.3 Å². The van der Waals surface area contributed by atoms with Crippen LogP contribution < -0.4 is 5.32 Å². The molecule has 6 heteroatoms. The highest BCUT2D eigenvalue weighted by molar-refractivity contribution is 5.97. The van der Waals surface area contributed by atoms with Crippen LogP contribution in [0.15, 0.2) is 48.7 Å². The number of nitriles is 1. The Morgan fingerprint density at radius 2 is 2.08 bits per heavy atom. The van der Waals surface area contributed by atoms with Gasteiger partial charge in [-0.3, -0.25) is 14.6 Å². The van der Waals surface area contributed by atoms with E-state index in [0.717, 1.165) is 5.69 Å². The van der Waals surface area contributed by atoms with Crippen LogP contribution >= 0.6 is 0 Å². The molecule has 0 spiro atoms. The lowest BCUT2D eigenvalue weighted by molar-refractivity contribution is -0.115. The lowest BCUT2D eigenvalue weighted by Crippen LogP contribution is -2.31. The maximum Gasteiger partial charge on any atom is 0.254 e. The number of carbonyl (C=O) groups excluding carboxylic acids is 2. The molecule has 0 radical (unpaired) electrons. The monoisotopic (exact) mass is 336 g/mol. The van der Waals surface area contributed by atoms with Gasteiger partial charge in [-0.15, -0.1) is 0 Å². The largest absolute Gasteiger partial charge is 0.332 e. The molecule has 2 amide bonds. The number of amides is 2. The molecule has 1 aromatic carbocycles. The number of aromatic nitrogens is 1. The SMILES string of the molecule is CCC(=O)Nc1cccc(C(=O)N(CCC#N)Cc2ccccn2)c1. The predicted molar refractivity (Wildman–Crippen MR) is 94.6 cm³/mol. The Kier molecular flexibility index (Phi) is 6.66. The molecular formula is C19H20N4O2. The maximum absolute atomic E-state index is 12.8. The minimum atomic E-state index is -0.200. The molecule has 0 saturated heterocycles. The number of nitrogens with zero attached hydrogens (tertiary/aromatic N) is 3. The van der Waals surface area contributed by atoms with Gasteiger partial charge < -0.3 is 10.2 Å². The van der Waals surface area contributed by atoms with Gasteiger partial charge in [0, 0.05) is 30.4 Å². The van der Waals surface area contributed by atoms with Crippen LogP contribution in [0.2, 0.25) is 0 Å². The fourth-order valence-corrected chi connectivity index (χ4v) is 2.29. The van der Waals surface area contributed by atoms with Gasteiger partial charge in [0.1, 0.15) is 0 Å². The van der Waals surface area contributed by atoms with Gasteiger partial charge >= 0.3 is 0 Å². The Hall–Kier alpha value is -3.20. The van der Waals surface area contributed by atoms with Crippen molar-refractivity contribution in [3.8, 4) is 6.07 Å². The number of hydrogen-bond acceptors (Lipinski definition) is 4. The van der Waals surface area contributed by atoms with Crippen LogP contribution in [-0.2, 0) is 11.3 Å². The van der Waals surface area contributed by atoms with E-state index in [-0.39, 0.29) is 18.2 Å². The van der Waals surface area contributed by atoms with Gasteiger partial charge in [0.2, 0.25) is 5.91 Å². The molecular weight excluding hydrogens is 316 g/mol. The van der Waals surface area contributed by atoms with E-state index in [0.29, 0.717) is 30.8 Å². The van der Waals surface area contributed by atoms with E-state index in [2.05, 4.69) is 16.4 Å². The van der Waals surface area contributed by atoms with E-state index in [1.54, 1.807) is 42.3 Å². The van der Waals surface area contributed by atoms with Crippen molar-refractivity contribution in [3.05, 3.63) is 59.9 Å². The summed E-state index contributed by atoms with van der Waals surface area (Å²) in [6.07, 6.45) is 2.28. The molecule has 1 N–H and O–H groups in total. The molecule has 2 rings (SSSR count). The molecule has 1 aromatic heterocycles. The number of anilines is 1. The molecule has 0 atom stereocenters. The predicted octanol–water partition coefficient (Wildman–Crippen LogP) is 2.99. The average molecular weight is 336 g/mol. The molecule has 0 aliphatic heterocycles. The summed E-state index contributed by atoms with van der Waals surface area (Å²) in [6.45, 7) is 2.41. The van der Waals surface area contributed by atoms with Crippen LogP contribution in [0.4, 0.5) is 5.69 Å². The van der Waals surface area contributed by atoms with Crippen molar-refractivity contribution in [1.29, 1.82) is 5.26 Å².